The van der Waals surface area contributed by atoms with Gasteiger partial charge in [0.15, 0.2) is 0 Å². The highest BCUT2D eigenvalue weighted by atomic mass is 35.5. The predicted octanol–water partition coefficient (Wildman–Crippen LogP) is 9.70. The van der Waals surface area contributed by atoms with E-state index in [4.69, 9.17) is 20.5 Å². The molecule has 0 N–H and O–H groups in total. The van der Waals surface area contributed by atoms with Crippen LogP contribution in [0.15, 0.2) is 24.3 Å². The lowest BCUT2D eigenvalue weighted by Gasteiger charge is -2.24. The van der Waals surface area contributed by atoms with Gasteiger partial charge in [-0.25, -0.2) is 0 Å². The molecular formula is C26H47ClO2Si. The lowest BCUT2D eigenvalue weighted by atomic mass is 10.0. The van der Waals surface area contributed by atoms with Crippen molar-refractivity contribution in [2.75, 3.05) is 6.61 Å². The summed E-state index contributed by atoms with van der Waals surface area (Å²) < 4.78 is 12.1. The molecule has 30 heavy (non-hydrogen) atoms. The summed E-state index contributed by atoms with van der Waals surface area (Å²) in [7, 11) is -2.13. The molecule has 0 saturated carbocycles. The van der Waals surface area contributed by atoms with Gasteiger partial charge in [0.05, 0.1) is 0 Å². The van der Waals surface area contributed by atoms with Gasteiger partial charge in [-0.3, -0.25) is 0 Å². The van der Waals surface area contributed by atoms with Gasteiger partial charge in [-0.2, -0.15) is 0 Å². The Balaban J connectivity index is 1.85. The Morgan fingerprint density at radius 1 is 0.700 bits per heavy atom. The van der Waals surface area contributed by atoms with Crippen LogP contribution in [0.5, 0.6) is 5.75 Å². The second-order valence-electron chi connectivity index (χ2n) is 9.11. The summed E-state index contributed by atoms with van der Waals surface area (Å²) >= 11 is 6.02. The van der Waals surface area contributed by atoms with Crippen molar-refractivity contribution in [1.82, 2.24) is 0 Å². The topological polar surface area (TPSA) is 18.5 Å². The molecule has 0 amide bonds. The molecule has 0 aliphatic carbocycles. The van der Waals surface area contributed by atoms with Crippen molar-refractivity contribution < 1.29 is 8.85 Å². The molecule has 0 aliphatic heterocycles. The molecule has 174 valence electrons. The maximum atomic E-state index is 6.07. The average Bonchev–Trinajstić information content (AvgIpc) is 2.70. The number of rotatable bonds is 20. The second-order valence-corrected chi connectivity index (χ2v) is 12.8. The van der Waals surface area contributed by atoms with Gasteiger partial charge in [0, 0.05) is 11.6 Å². The van der Waals surface area contributed by atoms with E-state index in [0.717, 1.165) is 18.8 Å². The van der Waals surface area contributed by atoms with Crippen LogP contribution in [-0.2, 0) is 4.43 Å². The highest BCUT2D eigenvalue weighted by molar-refractivity contribution is 6.65. The summed E-state index contributed by atoms with van der Waals surface area (Å²) in [5.74, 6) is 0.811. The zero-order valence-electron chi connectivity index (χ0n) is 20.0. The first-order valence-electron chi connectivity index (χ1n) is 12.6. The van der Waals surface area contributed by atoms with E-state index >= 15 is 0 Å². The Labute approximate surface area is 193 Å². The second kappa shape index (κ2) is 18.1. The van der Waals surface area contributed by atoms with Gasteiger partial charge in [0.2, 0.25) is 0 Å². The SMILES string of the molecule is CCCCCCCCCCCCCCCCCCO[Si](C)(C)Oc1cccc(Cl)c1. The van der Waals surface area contributed by atoms with Crippen molar-refractivity contribution in [3.63, 3.8) is 0 Å². The van der Waals surface area contributed by atoms with Crippen molar-refractivity contribution in [3.8, 4) is 5.75 Å². The molecular weight excluding hydrogens is 408 g/mol. The third-order valence-corrected chi connectivity index (χ3v) is 7.47. The monoisotopic (exact) mass is 454 g/mol. The molecule has 0 fully saturated rings. The summed E-state index contributed by atoms with van der Waals surface area (Å²) in [6, 6.07) is 7.57. The smallest absolute Gasteiger partial charge is 0.392 e. The average molecular weight is 455 g/mol. The molecule has 1 aromatic carbocycles. The van der Waals surface area contributed by atoms with E-state index in [1.165, 1.54) is 96.3 Å². The molecule has 2 nitrogen and oxygen atoms in total. The van der Waals surface area contributed by atoms with Crippen molar-refractivity contribution >= 4 is 20.2 Å². The van der Waals surface area contributed by atoms with E-state index in [9.17, 15) is 0 Å². The van der Waals surface area contributed by atoms with Crippen LogP contribution in [0, 0.1) is 0 Å². The highest BCUT2D eigenvalue weighted by Gasteiger charge is 2.26. The van der Waals surface area contributed by atoms with E-state index < -0.39 is 8.56 Å². The first-order valence-corrected chi connectivity index (χ1v) is 15.8. The third kappa shape index (κ3) is 16.2. The molecule has 0 radical (unpaired) electrons. The van der Waals surface area contributed by atoms with Gasteiger partial charge >= 0.3 is 8.56 Å². The molecule has 0 aromatic heterocycles. The van der Waals surface area contributed by atoms with Crippen molar-refractivity contribution in [2.45, 2.75) is 123 Å². The summed E-state index contributed by atoms with van der Waals surface area (Å²) in [5, 5.41) is 0.704. The lowest BCUT2D eigenvalue weighted by Crippen LogP contribution is -2.38. The molecule has 0 bridgehead atoms. The summed E-state index contributed by atoms with van der Waals surface area (Å²) in [6.45, 7) is 7.29. The van der Waals surface area contributed by atoms with Crippen molar-refractivity contribution in [2.24, 2.45) is 0 Å². The zero-order valence-corrected chi connectivity index (χ0v) is 21.8. The molecule has 1 aromatic rings. The van der Waals surface area contributed by atoms with E-state index in [2.05, 4.69) is 20.0 Å². The van der Waals surface area contributed by atoms with E-state index in [0.29, 0.717) is 5.02 Å². The number of hydrogen-bond acceptors (Lipinski definition) is 2. The highest BCUT2D eigenvalue weighted by Crippen LogP contribution is 2.21. The molecule has 0 unspecified atom stereocenters. The molecule has 0 atom stereocenters. The predicted molar refractivity (Wildman–Crippen MR) is 135 cm³/mol. The van der Waals surface area contributed by atoms with Crippen LogP contribution in [0.25, 0.3) is 0 Å². The minimum Gasteiger partial charge on any atom is -0.520 e. The van der Waals surface area contributed by atoms with E-state index in [1.807, 2.05) is 24.3 Å². The van der Waals surface area contributed by atoms with Crippen LogP contribution in [0.1, 0.15) is 110 Å². The van der Waals surface area contributed by atoms with Gasteiger partial charge in [-0.1, -0.05) is 121 Å². The Morgan fingerprint density at radius 3 is 1.63 bits per heavy atom. The first-order chi connectivity index (χ1) is 14.5. The Kier molecular flexibility index (Phi) is 16.6. The fourth-order valence-corrected chi connectivity index (χ4v) is 5.38. The standard InChI is InChI=1S/C26H47ClO2Si/c1-4-5-6-7-8-9-10-11-12-13-14-15-16-17-18-19-23-28-30(2,3)29-26-22-20-21-25(27)24-26/h20-22,24H,4-19,23H2,1-3H3. The normalized spacial score (nSPS) is 11.7. The minimum absolute atomic E-state index is 0.704. The fraction of sp³-hybridized carbons (Fsp3) is 0.769. The van der Waals surface area contributed by atoms with Gasteiger partial charge in [0.1, 0.15) is 5.75 Å². The third-order valence-electron chi connectivity index (χ3n) is 5.61. The quantitative estimate of drug-likeness (QED) is 0.144. The molecule has 0 aliphatic rings. The summed E-state index contributed by atoms with van der Waals surface area (Å²) in [6.07, 6.45) is 22.3. The largest absolute Gasteiger partial charge is 0.520 e. The van der Waals surface area contributed by atoms with Gasteiger partial charge in [0.25, 0.3) is 0 Å². The summed E-state index contributed by atoms with van der Waals surface area (Å²) in [5.41, 5.74) is 0. The van der Waals surface area contributed by atoms with Crippen molar-refractivity contribution in [1.29, 1.82) is 0 Å². The maximum absolute atomic E-state index is 6.07. The van der Waals surface area contributed by atoms with Crippen LogP contribution in [-0.4, -0.2) is 15.2 Å². The first kappa shape index (κ1) is 27.5. The van der Waals surface area contributed by atoms with Crippen LogP contribution in [0.2, 0.25) is 18.1 Å². The Morgan fingerprint density at radius 2 is 1.17 bits per heavy atom. The number of unbranched alkanes of at least 4 members (excludes halogenated alkanes) is 15. The van der Waals surface area contributed by atoms with Crippen LogP contribution in [0.4, 0.5) is 0 Å². The Hall–Kier alpha value is -0.513. The molecule has 1 rings (SSSR count). The fourth-order valence-electron chi connectivity index (χ4n) is 3.81. The van der Waals surface area contributed by atoms with Crippen LogP contribution >= 0.6 is 11.6 Å². The molecule has 4 heteroatoms. The van der Waals surface area contributed by atoms with E-state index in [-0.39, 0.29) is 0 Å². The number of halogens is 1. The summed E-state index contributed by atoms with van der Waals surface area (Å²) in [4.78, 5) is 0. The van der Waals surface area contributed by atoms with Gasteiger partial charge < -0.3 is 8.85 Å². The van der Waals surface area contributed by atoms with Crippen LogP contribution in [0.3, 0.4) is 0 Å². The minimum atomic E-state index is -2.13. The lowest BCUT2D eigenvalue weighted by molar-refractivity contribution is 0.240. The number of hydrogen-bond donors (Lipinski definition) is 0. The zero-order chi connectivity index (χ0) is 21.9. The Bertz CT molecular complexity index is 522. The van der Waals surface area contributed by atoms with Gasteiger partial charge in [-0.15, -0.1) is 0 Å². The molecule has 0 saturated heterocycles. The number of benzene rings is 1. The molecule has 0 heterocycles. The van der Waals surface area contributed by atoms with Gasteiger partial charge in [-0.05, 0) is 37.7 Å². The van der Waals surface area contributed by atoms with Crippen molar-refractivity contribution in [3.05, 3.63) is 29.3 Å². The van der Waals surface area contributed by atoms with Crippen LogP contribution < -0.4 is 4.43 Å². The molecule has 0 spiro atoms. The van der Waals surface area contributed by atoms with E-state index in [1.54, 1.807) is 0 Å². The maximum Gasteiger partial charge on any atom is 0.392 e.